The fraction of sp³-hybridized carbons (Fsp3) is 0.556. The summed E-state index contributed by atoms with van der Waals surface area (Å²) in [4.78, 5) is 26.7. The van der Waals surface area contributed by atoms with Crippen molar-refractivity contribution in [2.24, 2.45) is 11.3 Å². The van der Waals surface area contributed by atoms with Crippen LogP contribution in [-0.4, -0.2) is 29.8 Å². The van der Waals surface area contributed by atoms with Crippen LogP contribution < -0.4 is 5.32 Å². The van der Waals surface area contributed by atoms with Crippen LogP contribution in [0.2, 0.25) is 0 Å². The summed E-state index contributed by atoms with van der Waals surface area (Å²) in [5, 5.41) is 2.97. The summed E-state index contributed by atoms with van der Waals surface area (Å²) in [6.45, 7) is 9.04. The highest BCUT2D eigenvalue weighted by molar-refractivity contribution is 5.93. The lowest BCUT2D eigenvalue weighted by atomic mass is 9.91. The number of nitrogens with one attached hydrogen (secondary N) is 1. The van der Waals surface area contributed by atoms with Gasteiger partial charge in [-0.2, -0.15) is 0 Å². The highest BCUT2D eigenvalue weighted by Gasteiger charge is 2.33. The van der Waals surface area contributed by atoms with E-state index in [0.717, 1.165) is 30.6 Å². The first-order valence-corrected chi connectivity index (χ1v) is 7.94. The SMILES string of the molecule is Cc1cccc(NC(=O)C2CCCN(C(=O)C(C)(C)C)C2)c1. The highest BCUT2D eigenvalue weighted by Crippen LogP contribution is 2.24. The molecule has 4 heteroatoms. The van der Waals surface area contributed by atoms with Gasteiger partial charge in [0.2, 0.25) is 11.8 Å². The Balaban J connectivity index is 2.00. The second-order valence-corrected chi connectivity index (χ2v) is 7.20. The van der Waals surface area contributed by atoms with E-state index in [0.29, 0.717) is 6.54 Å². The van der Waals surface area contributed by atoms with Crippen LogP contribution in [-0.2, 0) is 9.59 Å². The molecule has 1 saturated heterocycles. The molecule has 0 saturated carbocycles. The number of benzene rings is 1. The van der Waals surface area contributed by atoms with Crippen LogP contribution in [0.1, 0.15) is 39.2 Å². The second-order valence-electron chi connectivity index (χ2n) is 7.20. The molecule has 1 aliphatic heterocycles. The van der Waals surface area contributed by atoms with E-state index in [2.05, 4.69) is 5.32 Å². The first-order valence-electron chi connectivity index (χ1n) is 7.94. The Hall–Kier alpha value is -1.84. The number of likely N-dealkylation sites (tertiary alicyclic amines) is 1. The van der Waals surface area contributed by atoms with Crippen molar-refractivity contribution >= 4 is 17.5 Å². The minimum absolute atomic E-state index is 0.0111. The number of rotatable bonds is 2. The van der Waals surface area contributed by atoms with Crippen molar-refractivity contribution in [3.05, 3.63) is 29.8 Å². The molecule has 4 nitrogen and oxygen atoms in total. The first kappa shape index (κ1) is 16.5. The fourth-order valence-electron chi connectivity index (χ4n) is 2.82. The van der Waals surface area contributed by atoms with Gasteiger partial charge < -0.3 is 10.2 Å². The standard InChI is InChI=1S/C18H26N2O2/c1-13-7-5-9-15(11-13)19-16(21)14-8-6-10-20(12-14)17(22)18(2,3)4/h5,7,9,11,14H,6,8,10,12H2,1-4H3,(H,19,21). The molecule has 2 rings (SSSR count). The maximum absolute atomic E-state index is 12.4. The van der Waals surface area contributed by atoms with Gasteiger partial charge in [0.05, 0.1) is 5.92 Å². The molecule has 1 N–H and O–H groups in total. The van der Waals surface area contributed by atoms with Gasteiger partial charge in [0.25, 0.3) is 0 Å². The van der Waals surface area contributed by atoms with E-state index in [1.807, 2.05) is 56.9 Å². The normalized spacial score (nSPS) is 18.9. The number of amides is 2. The molecule has 0 radical (unpaired) electrons. The molecule has 1 aromatic carbocycles. The van der Waals surface area contributed by atoms with E-state index in [9.17, 15) is 9.59 Å². The molecular formula is C18H26N2O2. The van der Waals surface area contributed by atoms with Crippen LogP contribution in [0.5, 0.6) is 0 Å². The maximum atomic E-state index is 12.4. The van der Waals surface area contributed by atoms with Gasteiger partial charge in [-0.1, -0.05) is 32.9 Å². The largest absolute Gasteiger partial charge is 0.341 e. The third-order valence-corrected chi connectivity index (χ3v) is 4.01. The van der Waals surface area contributed by atoms with Gasteiger partial charge in [-0.15, -0.1) is 0 Å². The van der Waals surface area contributed by atoms with E-state index in [4.69, 9.17) is 0 Å². The average Bonchev–Trinajstić information content (AvgIpc) is 2.45. The number of anilines is 1. The number of aryl methyl sites for hydroxylation is 1. The summed E-state index contributed by atoms with van der Waals surface area (Å²) in [5.74, 6) is 0.0122. The summed E-state index contributed by atoms with van der Waals surface area (Å²) >= 11 is 0. The minimum Gasteiger partial charge on any atom is -0.341 e. The summed E-state index contributed by atoms with van der Waals surface area (Å²) < 4.78 is 0. The van der Waals surface area contributed by atoms with Crippen molar-refractivity contribution < 1.29 is 9.59 Å². The zero-order valence-electron chi connectivity index (χ0n) is 14.0. The van der Waals surface area contributed by atoms with E-state index < -0.39 is 5.41 Å². The van der Waals surface area contributed by atoms with E-state index in [1.165, 1.54) is 0 Å². The molecule has 1 heterocycles. The molecule has 2 amide bonds. The Morgan fingerprint density at radius 1 is 1.27 bits per heavy atom. The zero-order chi connectivity index (χ0) is 16.3. The Bertz CT molecular complexity index is 560. The summed E-state index contributed by atoms with van der Waals surface area (Å²) in [7, 11) is 0. The molecule has 1 aliphatic rings. The third-order valence-electron chi connectivity index (χ3n) is 4.01. The summed E-state index contributed by atoms with van der Waals surface area (Å²) in [5.41, 5.74) is 1.55. The molecule has 0 aliphatic carbocycles. The van der Waals surface area contributed by atoms with Crippen molar-refractivity contribution in [2.45, 2.75) is 40.5 Å². The van der Waals surface area contributed by atoms with Crippen molar-refractivity contribution in [1.29, 1.82) is 0 Å². The molecule has 22 heavy (non-hydrogen) atoms. The van der Waals surface area contributed by atoms with Gasteiger partial charge in [0.15, 0.2) is 0 Å². The molecule has 0 bridgehead atoms. The quantitative estimate of drug-likeness (QED) is 0.912. The van der Waals surface area contributed by atoms with Gasteiger partial charge in [-0.25, -0.2) is 0 Å². The highest BCUT2D eigenvalue weighted by atomic mass is 16.2. The third kappa shape index (κ3) is 4.09. The van der Waals surface area contributed by atoms with Crippen molar-refractivity contribution in [3.63, 3.8) is 0 Å². The monoisotopic (exact) mass is 302 g/mol. The Morgan fingerprint density at radius 2 is 2.00 bits per heavy atom. The lowest BCUT2D eigenvalue weighted by Gasteiger charge is -2.35. The maximum Gasteiger partial charge on any atom is 0.229 e. The Labute approximate surface area is 132 Å². The van der Waals surface area contributed by atoms with E-state index >= 15 is 0 Å². The number of nitrogens with zero attached hydrogens (tertiary/aromatic N) is 1. The molecule has 1 fully saturated rings. The van der Waals surface area contributed by atoms with Crippen LogP contribution in [0.15, 0.2) is 24.3 Å². The molecule has 1 atom stereocenters. The number of carbonyl (C=O) groups excluding carboxylic acids is 2. The Kier molecular flexibility index (Phi) is 4.89. The molecular weight excluding hydrogens is 276 g/mol. The van der Waals surface area contributed by atoms with Crippen molar-refractivity contribution in [2.75, 3.05) is 18.4 Å². The van der Waals surface area contributed by atoms with Gasteiger partial charge in [-0.05, 0) is 37.5 Å². The molecule has 0 spiro atoms. The molecule has 0 aromatic heterocycles. The number of hydrogen-bond donors (Lipinski definition) is 1. The second kappa shape index (κ2) is 6.51. The Morgan fingerprint density at radius 3 is 2.64 bits per heavy atom. The van der Waals surface area contributed by atoms with Crippen LogP contribution in [0.4, 0.5) is 5.69 Å². The van der Waals surface area contributed by atoms with Gasteiger partial charge in [0.1, 0.15) is 0 Å². The fourth-order valence-corrected chi connectivity index (χ4v) is 2.82. The molecule has 1 unspecified atom stereocenters. The number of carbonyl (C=O) groups is 2. The summed E-state index contributed by atoms with van der Waals surface area (Å²) in [6.07, 6.45) is 1.72. The van der Waals surface area contributed by atoms with E-state index in [1.54, 1.807) is 0 Å². The van der Waals surface area contributed by atoms with Crippen LogP contribution >= 0.6 is 0 Å². The number of hydrogen-bond acceptors (Lipinski definition) is 2. The topological polar surface area (TPSA) is 49.4 Å². The lowest BCUT2D eigenvalue weighted by molar-refractivity contribution is -0.142. The predicted octanol–water partition coefficient (Wildman–Crippen LogP) is 3.22. The zero-order valence-corrected chi connectivity index (χ0v) is 14.0. The number of piperidine rings is 1. The van der Waals surface area contributed by atoms with Crippen molar-refractivity contribution in [3.8, 4) is 0 Å². The summed E-state index contributed by atoms with van der Waals surface area (Å²) in [6, 6.07) is 7.78. The average molecular weight is 302 g/mol. The molecule has 120 valence electrons. The lowest BCUT2D eigenvalue weighted by Crippen LogP contribution is -2.47. The van der Waals surface area contributed by atoms with Crippen molar-refractivity contribution in [1.82, 2.24) is 4.90 Å². The predicted molar refractivity (Wildman–Crippen MR) is 88.6 cm³/mol. The van der Waals surface area contributed by atoms with Crippen LogP contribution in [0.25, 0.3) is 0 Å². The van der Waals surface area contributed by atoms with Gasteiger partial charge in [0, 0.05) is 24.2 Å². The van der Waals surface area contributed by atoms with Crippen LogP contribution in [0.3, 0.4) is 0 Å². The van der Waals surface area contributed by atoms with Gasteiger partial charge in [-0.3, -0.25) is 9.59 Å². The van der Waals surface area contributed by atoms with Crippen LogP contribution in [0, 0.1) is 18.3 Å². The smallest absolute Gasteiger partial charge is 0.229 e. The first-order chi connectivity index (χ1) is 10.3. The minimum atomic E-state index is -0.394. The van der Waals surface area contributed by atoms with Gasteiger partial charge >= 0.3 is 0 Å². The molecule has 1 aromatic rings. The van der Waals surface area contributed by atoms with E-state index in [-0.39, 0.29) is 17.7 Å².